The van der Waals surface area contributed by atoms with Gasteiger partial charge in [-0.3, -0.25) is 4.90 Å². The second-order valence-electron chi connectivity index (χ2n) is 5.83. The van der Waals surface area contributed by atoms with Gasteiger partial charge in [-0.2, -0.15) is 0 Å². The Hall–Kier alpha value is -0.120. The largest absolute Gasteiger partial charge is 0.380 e. The molecule has 2 aliphatic rings. The molecule has 3 nitrogen and oxygen atoms in total. The van der Waals surface area contributed by atoms with Gasteiger partial charge in [0.05, 0.1) is 6.61 Å². The van der Waals surface area contributed by atoms with Crippen LogP contribution in [0.4, 0.5) is 0 Å². The molecule has 1 aliphatic carbocycles. The molecule has 0 spiro atoms. The topological polar surface area (TPSA) is 24.5 Å². The number of ether oxygens (including phenoxy) is 1. The first-order chi connectivity index (χ1) is 8.22. The molecule has 2 fully saturated rings. The van der Waals surface area contributed by atoms with E-state index in [2.05, 4.69) is 31.1 Å². The Labute approximate surface area is 106 Å². The van der Waals surface area contributed by atoms with Crippen LogP contribution in [0.3, 0.4) is 0 Å². The maximum atomic E-state index is 5.53. The van der Waals surface area contributed by atoms with E-state index in [-0.39, 0.29) is 0 Å². The second kappa shape index (κ2) is 6.17. The van der Waals surface area contributed by atoms with Crippen molar-refractivity contribution in [3.8, 4) is 0 Å². The molecule has 0 aromatic carbocycles. The molecule has 1 saturated heterocycles. The fraction of sp³-hybridized carbons (Fsp3) is 1.00. The predicted molar refractivity (Wildman–Crippen MR) is 71.3 cm³/mol. The quantitative estimate of drug-likeness (QED) is 0.812. The van der Waals surface area contributed by atoms with Crippen molar-refractivity contribution >= 4 is 0 Å². The number of hydrogen-bond acceptors (Lipinski definition) is 3. The van der Waals surface area contributed by atoms with Gasteiger partial charge < -0.3 is 10.1 Å². The van der Waals surface area contributed by atoms with Crippen molar-refractivity contribution in [2.45, 2.75) is 57.7 Å². The lowest BCUT2D eigenvalue weighted by Crippen LogP contribution is -2.54. The van der Waals surface area contributed by atoms with Gasteiger partial charge in [-0.1, -0.05) is 13.8 Å². The number of likely N-dealkylation sites (N-methyl/N-ethyl adjacent to an activating group) is 2. The van der Waals surface area contributed by atoms with Crippen LogP contribution in [0.1, 0.15) is 39.5 Å². The van der Waals surface area contributed by atoms with Crippen LogP contribution < -0.4 is 5.32 Å². The molecule has 0 amide bonds. The van der Waals surface area contributed by atoms with E-state index in [0.717, 1.165) is 25.7 Å². The van der Waals surface area contributed by atoms with Crippen LogP contribution in [0, 0.1) is 5.92 Å². The summed E-state index contributed by atoms with van der Waals surface area (Å²) < 4.78 is 5.53. The first-order valence-electron chi connectivity index (χ1n) is 7.25. The number of nitrogens with one attached hydrogen (secondary N) is 1. The second-order valence-corrected chi connectivity index (χ2v) is 5.83. The first kappa shape index (κ1) is 13.3. The molecule has 0 aromatic heterocycles. The summed E-state index contributed by atoms with van der Waals surface area (Å²) in [6.07, 6.45) is 5.26. The van der Waals surface area contributed by atoms with E-state index in [4.69, 9.17) is 4.74 Å². The monoisotopic (exact) mass is 240 g/mol. The molecular formula is C14H28N2O. The van der Waals surface area contributed by atoms with E-state index in [0.29, 0.717) is 18.1 Å². The van der Waals surface area contributed by atoms with Gasteiger partial charge >= 0.3 is 0 Å². The van der Waals surface area contributed by atoms with E-state index in [9.17, 15) is 0 Å². The van der Waals surface area contributed by atoms with Gasteiger partial charge in [-0.05, 0) is 45.2 Å². The Morgan fingerprint density at radius 1 is 1.29 bits per heavy atom. The van der Waals surface area contributed by atoms with Crippen molar-refractivity contribution in [3.05, 3.63) is 0 Å². The van der Waals surface area contributed by atoms with Gasteiger partial charge in [0.2, 0.25) is 0 Å². The molecule has 1 heterocycles. The molecule has 4 atom stereocenters. The van der Waals surface area contributed by atoms with E-state index >= 15 is 0 Å². The summed E-state index contributed by atoms with van der Waals surface area (Å²) >= 11 is 0. The highest BCUT2D eigenvalue weighted by Gasteiger charge is 2.34. The molecule has 4 unspecified atom stereocenters. The Balaban J connectivity index is 1.97. The van der Waals surface area contributed by atoms with Crippen molar-refractivity contribution in [1.29, 1.82) is 0 Å². The smallest absolute Gasteiger partial charge is 0.0622 e. The molecule has 1 aliphatic heterocycles. The summed E-state index contributed by atoms with van der Waals surface area (Å²) in [6, 6.07) is 2.03. The fourth-order valence-corrected chi connectivity index (χ4v) is 3.42. The van der Waals surface area contributed by atoms with Crippen LogP contribution in [0.15, 0.2) is 0 Å². The average molecular weight is 240 g/mol. The summed E-state index contributed by atoms with van der Waals surface area (Å²) in [5.74, 6) is 0.875. The molecule has 1 N–H and O–H groups in total. The SMILES string of the molecule is CCNC1CCC(C)CC1N(C)C1CCOC1. The summed E-state index contributed by atoms with van der Waals surface area (Å²) in [7, 11) is 2.30. The third-order valence-corrected chi connectivity index (χ3v) is 4.55. The van der Waals surface area contributed by atoms with Crippen molar-refractivity contribution in [2.75, 3.05) is 26.8 Å². The third-order valence-electron chi connectivity index (χ3n) is 4.55. The van der Waals surface area contributed by atoms with Crippen LogP contribution in [0.25, 0.3) is 0 Å². The Bertz CT molecular complexity index is 228. The number of nitrogens with zero attached hydrogens (tertiary/aromatic N) is 1. The fourth-order valence-electron chi connectivity index (χ4n) is 3.42. The Morgan fingerprint density at radius 2 is 2.12 bits per heavy atom. The molecular weight excluding hydrogens is 212 g/mol. The summed E-state index contributed by atoms with van der Waals surface area (Å²) in [5.41, 5.74) is 0. The van der Waals surface area contributed by atoms with Crippen molar-refractivity contribution in [3.63, 3.8) is 0 Å². The number of rotatable bonds is 4. The van der Waals surface area contributed by atoms with E-state index < -0.39 is 0 Å². The minimum absolute atomic E-state index is 0.645. The molecule has 17 heavy (non-hydrogen) atoms. The lowest BCUT2D eigenvalue weighted by molar-refractivity contribution is 0.0776. The normalized spacial score (nSPS) is 38.8. The standard InChI is InChI=1S/C14H28N2O/c1-4-15-13-6-5-11(2)9-14(13)16(3)12-7-8-17-10-12/h11-15H,4-10H2,1-3H3. The molecule has 100 valence electrons. The molecule has 1 saturated carbocycles. The molecule has 0 bridgehead atoms. The van der Waals surface area contributed by atoms with Crippen LogP contribution in [-0.2, 0) is 4.74 Å². The van der Waals surface area contributed by atoms with Crippen LogP contribution in [0.5, 0.6) is 0 Å². The van der Waals surface area contributed by atoms with Gasteiger partial charge in [0.15, 0.2) is 0 Å². The van der Waals surface area contributed by atoms with Crippen LogP contribution in [-0.4, -0.2) is 49.8 Å². The lowest BCUT2D eigenvalue weighted by Gasteiger charge is -2.43. The Morgan fingerprint density at radius 3 is 2.76 bits per heavy atom. The van der Waals surface area contributed by atoms with Gasteiger partial charge in [0.25, 0.3) is 0 Å². The van der Waals surface area contributed by atoms with Gasteiger partial charge in [-0.25, -0.2) is 0 Å². The van der Waals surface area contributed by atoms with Crippen LogP contribution >= 0.6 is 0 Å². The van der Waals surface area contributed by atoms with E-state index in [1.807, 2.05) is 0 Å². The number of hydrogen-bond donors (Lipinski definition) is 1. The zero-order valence-electron chi connectivity index (χ0n) is 11.6. The molecule has 0 radical (unpaired) electrons. The minimum atomic E-state index is 0.645. The lowest BCUT2D eigenvalue weighted by atomic mass is 9.82. The highest BCUT2D eigenvalue weighted by Crippen LogP contribution is 2.29. The highest BCUT2D eigenvalue weighted by molar-refractivity contribution is 4.92. The zero-order chi connectivity index (χ0) is 12.3. The maximum absolute atomic E-state index is 5.53. The zero-order valence-corrected chi connectivity index (χ0v) is 11.6. The molecule has 0 aromatic rings. The summed E-state index contributed by atoms with van der Waals surface area (Å²) in [6.45, 7) is 7.58. The Kier molecular flexibility index (Phi) is 4.83. The summed E-state index contributed by atoms with van der Waals surface area (Å²) in [5, 5.41) is 3.68. The summed E-state index contributed by atoms with van der Waals surface area (Å²) in [4.78, 5) is 2.59. The molecule has 3 heteroatoms. The molecule has 2 rings (SSSR count). The van der Waals surface area contributed by atoms with Crippen molar-refractivity contribution in [2.24, 2.45) is 5.92 Å². The highest BCUT2D eigenvalue weighted by atomic mass is 16.5. The van der Waals surface area contributed by atoms with E-state index in [1.54, 1.807) is 0 Å². The van der Waals surface area contributed by atoms with Crippen molar-refractivity contribution < 1.29 is 4.74 Å². The average Bonchev–Trinajstić information content (AvgIpc) is 2.84. The predicted octanol–water partition coefficient (Wildman–Crippen LogP) is 1.87. The van der Waals surface area contributed by atoms with Crippen LogP contribution in [0.2, 0.25) is 0 Å². The van der Waals surface area contributed by atoms with Crippen molar-refractivity contribution in [1.82, 2.24) is 10.2 Å². The van der Waals surface area contributed by atoms with Gasteiger partial charge in [0, 0.05) is 24.7 Å². The van der Waals surface area contributed by atoms with E-state index in [1.165, 1.54) is 25.7 Å². The third kappa shape index (κ3) is 3.21. The maximum Gasteiger partial charge on any atom is 0.0622 e. The van der Waals surface area contributed by atoms with Gasteiger partial charge in [-0.15, -0.1) is 0 Å². The first-order valence-corrected chi connectivity index (χ1v) is 7.25. The van der Waals surface area contributed by atoms with Gasteiger partial charge in [0.1, 0.15) is 0 Å². The minimum Gasteiger partial charge on any atom is -0.380 e.